The molecule has 0 aromatic carbocycles. The van der Waals surface area contributed by atoms with Gasteiger partial charge in [-0.2, -0.15) is 0 Å². The first-order valence-electron chi connectivity index (χ1n) is 8.70. The third-order valence-corrected chi connectivity index (χ3v) is 4.38. The lowest BCUT2D eigenvalue weighted by Gasteiger charge is -2.22. The molecule has 2 aliphatic rings. The van der Waals surface area contributed by atoms with Crippen LogP contribution in [0.2, 0.25) is 0 Å². The van der Waals surface area contributed by atoms with E-state index in [2.05, 4.69) is 24.1 Å². The number of nitrogens with zero attached hydrogens (tertiary/aromatic N) is 1. The average Bonchev–Trinajstić information content (AvgIpc) is 3.23. The fourth-order valence-corrected chi connectivity index (χ4v) is 2.79. The molecule has 0 unspecified atom stereocenters. The Morgan fingerprint density at radius 2 is 1.47 bits per heavy atom. The van der Waals surface area contributed by atoms with Crippen molar-refractivity contribution in [1.82, 2.24) is 10.2 Å². The third kappa shape index (κ3) is 7.94. The monoisotopic (exact) mass is 266 g/mol. The summed E-state index contributed by atoms with van der Waals surface area (Å²) in [6.45, 7) is 9.84. The second kappa shape index (κ2) is 8.26. The summed E-state index contributed by atoms with van der Waals surface area (Å²) in [5.41, 5.74) is 0. The van der Waals surface area contributed by atoms with E-state index in [9.17, 15) is 0 Å². The van der Waals surface area contributed by atoms with Crippen molar-refractivity contribution in [2.75, 3.05) is 26.2 Å². The number of rotatable bonds is 12. The highest BCUT2D eigenvalue weighted by atomic mass is 15.1. The lowest BCUT2D eigenvalue weighted by atomic mass is 10.1. The Balaban J connectivity index is 1.44. The summed E-state index contributed by atoms with van der Waals surface area (Å²) in [5, 5.41) is 3.50. The largest absolute Gasteiger partial charge is 0.315 e. The molecule has 0 aromatic rings. The molecule has 0 spiro atoms. The molecule has 2 rings (SSSR count). The third-order valence-electron chi connectivity index (χ3n) is 4.38. The maximum atomic E-state index is 3.50. The first-order chi connectivity index (χ1) is 9.24. The van der Waals surface area contributed by atoms with Gasteiger partial charge in [0.05, 0.1) is 0 Å². The van der Waals surface area contributed by atoms with Gasteiger partial charge < -0.3 is 10.2 Å². The molecule has 0 heterocycles. The van der Waals surface area contributed by atoms with Gasteiger partial charge in [-0.25, -0.2) is 0 Å². The first kappa shape index (κ1) is 15.3. The average molecular weight is 266 g/mol. The van der Waals surface area contributed by atoms with Gasteiger partial charge in [-0.15, -0.1) is 0 Å². The zero-order valence-electron chi connectivity index (χ0n) is 13.2. The summed E-state index contributed by atoms with van der Waals surface area (Å²) < 4.78 is 0. The molecule has 112 valence electrons. The van der Waals surface area contributed by atoms with Crippen molar-refractivity contribution in [1.29, 1.82) is 0 Å². The van der Waals surface area contributed by atoms with E-state index in [0.717, 1.165) is 11.8 Å². The fraction of sp³-hybridized carbons (Fsp3) is 1.00. The van der Waals surface area contributed by atoms with Gasteiger partial charge in [0.25, 0.3) is 0 Å². The summed E-state index contributed by atoms with van der Waals surface area (Å²) in [7, 11) is 0. The van der Waals surface area contributed by atoms with Gasteiger partial charge in [0.2, 0.25) is 0 Å². The number of hydrogen-bond donors (Lipinski definition) is 1. The summed E-state index contributed by atoms with van der Waals surface area (Å²) >= 11 is 0. The van der Waals surface area contributed by atoms with Crippen LogP contribution in [-0.4, -0.2) is 37.1 Å². The molecule has 19 heavy (non-hydrogen) atoms. The molecule has 2 aliphatic carbocycles. The van der Waals surface area contributed by atoms with Crippen molar-refractivity contribution in [2.24, 2.45) is 11.8 Å². The summed E-state index contributed by atoms with van der Waals surface area (Å²) in [5.74, 6) is 2.13. The van der Waals surface area contributed by atoms with Crippen LogP contribution in [-0.2, 0) is 0 Å². The zero-order valence-corrected chi connectivity index (χ0v) is 13.2. The van der Waals surface area contributed by atoms with Crippen molar-refractivity contribution < 1.29 is 0 Å². The standard InChI is InChI=1S/C17H34N2/c1-15(2)18-11-5-3-4-6-12-19(13-16-7-8-16)14-17-9-10-17/h15-18H,3-14H2,1-2H3. The van der Waals surface area contributed by atoms with Crippen molar-refractivity contribution in [2.45, 2.75) is 71.3 Å². The Bertz CT molecular complexity index is 217. The Kier molecular flexibility index (Phi) is 6.66. The maximum absolute atomic E-state index is 3.50. The molecule has 1 N–H and O–H groups in total. The zero-order chi connectivity index (χ0) is 13.5. The minimum atomic E-state index is 0.646. The highest BCUT2D eigenvalue weighted by Gasteiger charge is 2.28. The van der Waals surface area contributed by atoms with Crippen molar-refractivity contribution in [3.8, 4) is 0 Å². The van der Waals surface area contributed by atoms with E-state index in [1.165, 1.54) is 77.5 Å². The van der Waals surface area contributed by atoms with Crippen LogP contribution in [0.1, 0.15) is 65.2 Å². The molecule has 2 nitrogen and oxygen atoms in total. The quantitative estimate of drug-likeness (QED) is 0.542. The molecular formula is C17H34N2. The summed E-state index contributed by atoms with van der Waals surface area (Å²) in [6.07, 6.45) is 11.6. The van der Waals surface area contributed by atoms with Gasteiger partial charge in [-0.05, 0) is 63.5 Å². The summed E-state index contributed by atoms with van der Waals surface area (Å²) in [6, 6.07) is 0.646. The van der Waals surface area contributed by atoms with Crippen LogP contribution in [0.5, 0.6) is 0 Å². The molecular weight excluding hydrogens is 232 g/mol. The number of unbranched alkanes of at least 4 members (excludes halogenated alkanes) is 3. The topological polar surface area (TPSA) is 15.3 Å². The molecule has 0 radical (unpaired) electrons. The van der Waals surface area contributed by atoms with Gasteiger partial charge in [0.15, 0.2) is 0 Å². The molecule has 0 atom stereocenters. The Morgan fingerprint density at radius 1 is 0.895 bits per heavy atom. The number of nitrogens with one attached hydrogen (secondary N) is 1. The maximum Gasteiger partial charge on any atom is 0.00103 e. The van der Waals surface area contributed by atoms with E-state index in [1.54, 1.807) is 0 Å². The molecule has 0 amide bonds. The van der Waals surface area contributed by atoms with Crippen molar-refractivity contribution in [3.05, 3.63) is 0 Å². The second-order valence-corrected chi connectivity index (χ2v) is 7.17. The fourth-order valence-electron chi connectivity index (χ4n) is 2.79. The molecule has 0 aromatic heterocycles. The van der Waals surface area contributed by atoms with Crippen molar-refractivity contribution >= 4 is 0 Å². The van der Waals surface area contributed by atoms with Crippen LogP contribution >= 0.6 is 0 Å². The van der Waals surface area contributed by atoms with Gasteiger partial charge in [0, 0.05) is 19.1 Å². The lowest BCUT2D eigenvalue weighted by molar-refractivity contribution is 0.246. The van der Waals surface area contributed by atoms with E-state index in [4.69, 9.17) is 0 Å². The first-order valence-corrected chi connectivity index (χ1v) is 8.70. The lowest BCUT2D eigenvalue weighted by Crippen LogP contribution is -2.29. The molecule has 2 saturated carbocycles. The SMILES string of the molecule is CC(C)NCCCCCCN(CC1CC1)CC1CC1. The van der Waals surface area contributed by atoms with Crippen molar-refractivity contribution in [3.63, 3.8) is 0 Å². The number of hydrogen-bond acceptors (Lipinski definition) is 2. The van der Waals surface area contributed by atoms with Crippen LogP contribution in [0.15, 0.2) is 0 Å². The van der Waals surface area contributed by atoms with Crippen LogP contribution in [0.25, 0.3) is 0 Å². The second-order valence-electron chi connectivity index (χ2n) is 7.17. The van der Waals surface area contributed by atoms with Crippen LogP contribution in [0.4, 0.5) is 0 Å². The molecule has 0 aliphatic heterocycles. The van der Waals surface area contributed by atoms with E-state index in [1.807, 2.05) is 0 Å². The van der Waals surface area contributed by atoms with Gasteiger partial charge >= 0.3 is 0 Å². The highest BCUT2D eigenvalue weighted by Crippen LogP contribution is 2.33. The molecule has 2 fully saturated rings. The molecule has 0 bridgehead atoms. The summed E-state index contributed by atoms with van der Waals surface area (Å²) in [4.78, 5) is 2.78. The van der Waals surface area contributed by atoms with Crippen LogP contribution in [0, 0.1) is 11.8 Å². The predicted molar refractivity (Wildman–Crippen MR) is 83.5 cm³/mol. The van der Waals surface area contributed by atoms with Gasteiger partial charge in [-0.1, -0.05) is 26.7 Å². The molecule has 0 saturated heterocycles. The van der Waals surface area contributed by atoms with Crippen LogP contribution < -0.4 is 5.32 Å². The van der Waals surface area contributed by atoms with E-state index < -0.39 is 0 Å². The Morgan fingerprint density at radius 3 is 2.00 bits per heavy atom. The molecule has 2 heteroatoms. The van der Waals surface area contributed by atoms with Crippen LogP contribution in [0.3, 0.4) is 0 Å². The van der Waals surface area contributed by atoms with E-state index in [-0.39, 0.29) is 0 Å². The van der Waals surface area contributed by atoms with E-state index >= 15 is 0 Å². The van der Waals surface area contributed by atoms with Gasteiger partial charge in [-0.3, -0.25) is 0 Å². The highest BCUT2D eigenvalue weighted by molar-refractivity contribution is 4.82. The predicted octanol–water partition coefficient (Wildman–Crippen LogP) is 3.67. The Hall–Kier alpha value is -0.0800. The minimum absolute atomic E-state index is 0.646. The Labute approximate surface area is 120 Å². The smallest absolute Gasteiger partial charge is 0.00103 e. The minimum Gasteiger partial charge on any atom is -0.315 e. The normalized spacial score (nSPS) is 19.6. The van der Waals surface area contributed by atoms with E-state index in [0.29, 0.717) is 6.04 Å². The van der Waals surface area contributed by atoms with Gasteiger partial charge in [0.1, 0.15) is 0 Å².